The van der Waals surface area contributed by atoms with E-state index in [2.05, 4.69) is 29.4 Å². The average molecular weight is 367 g/mol. The molecule has 0 saturated carbocycles. The first-order chi connectivity index (χ1) is 12.8. The Kier molecular flexibility index (Phi) is 5.08. The van der Waals surface area contributed by atoms with Crippen molar-refractivity contribution in [2.24, 2.45) is 5.92 Å². The fourth-order valence-electron chi connectivity index (χ4n) is 3.44. The molecule has 140 valence electrons. The largest absolute Gasteiger partial charge is 0.341 e. The molecule has 0 fully saturated rings. The molecule has 1 amide bonds. The highest BCUT2D eigenvalue weighted by Crippen LogP contribution is 2.28. The summed E-state index contributed by atoms with van der Waals surface area (Å²) < 4.78 is 13.8. The molecule has 0 saturated heterocycles. The minimum absolute atomic E-state index is 0.00736. The highest BCUT2D eigenvalue weighted by molar-refractivity contribution is 5.95. The number of benzene rings is 2. The molecule has 6 heteroatoms. The van der Waals surface area contributed by atoms with Crippen molar-refractivity contribution < 1.29 is 9.18 Å². The first kappa shape index (κ1) is 18.8. The Hall–Kier alpha value is -3.02. The molecule has 5 nitrogen and oxygen atoms in total. The standard InChI is InChI=1S/C21H22FN3O2/c1-13(2)12-21(3,14-8-5-4-6-9-14)23-20(27)18-19(26)15-10-7-11-16(22)17(15)24-25-18/h4-11,13H,12H2,1-3H3,(H,23,27)(H,24,26). The summed E-state index contributed by atoms with van der Waals surface area (Å²) >= 11 is 0. The normalized spacial score (nSPS) is 13.5. The number of carbonyl (C=O) groups is 1. The number of aromatic nitrogens is 2. The molecule has 0 spiro atoms. The van der Waals surface area contributed by atoms with Gasteiger partial charge in [0.15, 0.2) is 5.69 Å². The van der Waals surface area contributed by atoms with Crippen LogP contribution in [0.1, 0.15) is 43.2 Å². The second-order valence-electron chi connectivity index (χ2n) is 7.31. The van der Waals surface area contributed by atoms with Gasteiger partial charge in [-0.25, -0.2) is 4.39 Å². The Balaban J connectivity index is 2.01. The van der Waals surface area contributed by atoms with Crippen LogP contribution in [-0.4, -0.2) is 16.1 Å². The van der Waals surface area contributed by atoms with Gasteiger partial charge in [-0.2, -0.15) is 5.10 Å². The lowest BCUT2D eigenvalue weighted by molar-refractivity contribution is 0.0885. The number of rotatable bonds is 5. The van der Waals surface area contributed by atoms with Crippen molar-refractivity contribution in [3.8, 4) is 0 Å². The van der Waals surface area contributed by atoms with Gasteiger partial charge in [0.2, 0.25) is 5.43 Å². The third kappa shape index (κ3) is 3.74. The van der Waals surface area contributed by atoms with Gasteiger partial charge >= 0.3 is 0 Å². The van der Waals surface area contributed by atoms with E-state index in [1.807, 2.05) is 37.3 Å². The van der Waals surface area contributed by atoms with E-state index in [0.717, 1.165) is 5.56 Å². The van der Waals surface area contributed by atoms with Crippen molar-refractivity contribution in [3.63, 3.8) is 0 Å². The number of amides is 1. The topological polar surface area (TPSA) is 74.8 Å². The van der Waals surface area contributed by atoms with Crippen LogP contribution >= 0.6 is 0 Å². The Morgan fingerprint density at radius 3 is 2.56 bits per heavy atom. The van der Waals surface area contributed by atoms with Gasteiger partial charge in [-0.05, 0) is 37.0 Å². The van der Waals surface area contributed by atoms with Gasteiger partial charge in [-0.3, -0.25) is 14.7 Å². The van der Waals surface area contributed by atoms with Gasteiger partial charge in [0, 0.05) is 0 Å². The Morgan fingerprint density at radius 2 is 1.89 bits per heavy atom. The number of halogens is 1. The fraction of sp³-hybridized carbons (Fsp3) is 0.286. The highest BCUT2D eigenvalue weighted by Gasteiger charge is 2.31. The number of H-pyrrole nitrogens is 1. The maximum atomic E-state index is 13.8. The second-order valence-corrected chi connectivity index (χ2v) is 7.31. The van der Waals surface area contributed by atoms with Crippen molar-refractivity contribution in [2.45, 2.75) is 32.7 Å². The third-order valence-electron chi connectivity index (χ3n) is 4.58. The molecular formula is C21H22FN3O2. The van der Waals surface area contributed by atoms with Crippen LogP contribution in [0.2, 0.25) is 0 Å². The predicted octanol–water partition coefficient (Wildman–Crippen LogP) is 3.75. The molecule has 0 aliphatic heterocycles. The first-order valence-corrected chi connectivity index (χ1v) is 8.87. The Labute approximate surface area is 156 Å². The van der Waals surface area contributed by atoms with Gasteiger partial charge in [0.05, 0.1) is 10.9 Å². The molecule has 3 aromatic rings. The Morgan fingerprint density at radius 1 is 1.19 bits per heavy atom. The van der Waals surface area contributed by atoms with Crippen molar-refractivity contribution >= 4 is 16.8 Å². The number of para-hydroxylation sites is 1. The molecule has 1 unspecified atom stereocenters. The molecule has 0 bridgehead atoms. The van der Waals surface area contributed by atoms with Gasteiger partial charge in [-0.1, -0.05) is 50.2 Å². The van der Waals surface area contributed by atoms with E-state index in [-0.39, 0.29) is 16.6 Å². The van der Waals surface area contributed by atoms with Gasteiger partial charge < -0.3 is 5.32 Å². The van der Waals surface area contributed by atoms with E-state index >= 15 is 0 Å². The van der Waals surface area contributed by atoms with Crippen LogP contribution in [0, 0.1) is 11.7 Å². The summed E-state index contributed by atoms with van der Waals surface area (Å²) in [4.78, 5) is 25.5. The van der Waals surface area contributed by atoms with Crippen LogP contribution in [-0.2, 0) is 5.54 Å². The number of fused-ring (bicyclic) bond motifs is 1. The van der Waals surface area contributed by atoms with E-state index in [0.29, 0.717) is 12.3 Å². The molecule has 3 rings (SSSR count). The number of carbonyl (C=O) groups excluding carboxylic acids is 1. The van der Waals surface area contributed by atoms with Crippen molar-refractivity contribution in [1.29, 1.82) is 0 Å². The average Bonchev–Trinajstić information content (AvgIpc) is 2.62. The monoisotopic (exact) mass is 367 g/mol. The lowest BCUT2D eigenvalue weighted by Crippen LogP contribution is -2.46. The summed E-state index contributed by atoms with van der Waals surface area (Å²) in [5, 5.41) is 9.38. The number of aromatic amines is 1. The zero-order chi connectivity index (χ0) is 19.6. The van der Waals surface area contributed by atoms with Crippen molar-refractivity contribution in [1.82, 2.24) is 15.5 Å². The summed E-state index contributed by atoms with van der Waals surface area (Å²) in [5.41, 5.74) is -0.612. The minimum atomic E-state index is -0.669. The lowest BCUT2D eigenvalue weighted by Gasteiger charge is -2.33. The molecule has 27 heavy (non-hydrogen) atoms. The smallest absolute Gasteiger partial charge is 0.276 e. The van der Waals surface area contributed by atoms with Crippen LogP contribution in [0.3, 0.4) is 0 Å². The highest BCUT2D eigenvalue weighted by atomic mass is 19.1. The number of nitrogens with one attached hydrogen (secondary N) is 2. The SMILES string of the molecule is CC(C)CC(C)(NC(=O)c1n[nH]c2c(F)cccc2c1=O)c1ccccc1. The van der Waals surface area contributed by atoms with E-state index in [4.69, 9.17) is 0 Å². The summed E-state index contributed by atoms with van der Waals surface area (Å²) in [5.74, 6) is -0.861. The summed E-state index contributed by atoms with van der Waals surface area (Å²) in [7, 11) is 0. The lowest BCUT2D eigenvalue weighted by atomic mass is 9.84. The fourth-order valence-corrected chi connectivity index (χ4v) is 3.44. The number of hydrogen-bond donors (Lipinski definition) is 2. The molecule has 2 N–H and O–H groups in total. The van der Waals surface area contributed by atoms with Crippen LogP contribution in [0.25, 0.3) is 10.9 Å². The maximum Gasteiger partial charge on any atom is 0.276 e. The molecule has 0 radical (unpaired) electrons. The predicted molar refractivity (Wildman–Crippen MR) is 103 cm³/mol. The second kappa shape index (κ2) is 7.31. The Bertz CT molecular complexity index is 1030. The molecular weight excluding hydrogens is 345 g/mol. The van der Waals surface area contributed by atoms with Crippen molar-refractivity contribution in [3.05, 3.63) is 75.8 Å². The molecule has 0 aliphatic rings. The van der Waals surface area contributed by atoms with E-state index in [9.17, 15) is 14.0 Å². The molecule has 0 aliphatic carbocycles. The van der Waals surface area contributed by atoms with Gasteiger partial charge in [-0.15, -0.1) is 0 Å². The van der Waals surface area contributed by atoms with Crippen LogP contribution in [0.4, 0.5) is 4.39 Å². The number of nitrogens with zero attached hydrogens (tertiary/aromatic N) is 1. The van der Waals surface area contributed by atoms with E-state index < -0.39 is 22.7 Å². The summed E-state index contributed by atoms with van der Waals surface area (Å²) in [6.07, 6.45) is 0.683. The molecule has 1 heterocycles. The van der Waals surface area contributed by atoms with Crippen molar-refractivity contribution in [2.75, 3.05) is 0 Å². The molecule has 1 aromatic heterocycles. The minimum Gasteiger partial charge on any atom is -0.341 e. The third-order valence-corrected chi connectivity index (χ3v) is 4.58. The van der Waals surface area contributed by atoms with E-state index in [1.165, 1.54) is 18.2 Å². The van der Waals surface area contributed by atoms with Crippen LogP contribution in [0.5, 0.6) is 0 Å². The zero-order valence-corrected chi connectivity index (χ0v) is 15.5. The molecule has 2 aromatic carbocycles. The van der Waals surface area contributed by atoms with Gasteiger partial charge in [0.25, 0.3) is 5.91 Å². The molecule has 1 atom stereocenters. The van der Waals surface area contributed by atoms with Crippen LogP contribution in [0.15, 0.2) is 53.3 Å². The zero-order valence-electron chi connectivity index (χ0n) is 15.5. The van der Waals surface area contributed by atoms with Gasteiger partial charge in [0.1, 0.15) is 11.3 Å². The maximum absolute atomic E-state index is 13.8. The summed E-state index contributed by atoms with van der Waals surface area (Å²) in [6, 6.07) is 13.7. The first-order valence-electron chi connectivity index (χ1n) is 8.87. The summed E-state index contributed by atoms with van der Waals surface area (Å²) in [6.45, 7) is 6.06. The number of hydrogen-bond acceptors (Lipinski definition) is 3. The van der Waals surface area contributed by atoms with E-state index in [1.54, 1.807) is 0 Å². The quantitative estimate of drug-likeness (QED) is 0.721. The van der Waals surface area contributed by atoms with Crippen LogP contribution < -0.4 is 10.7 Å².